The number of rotatable bonds is 15. The van der Waals surface area contributed by atoms with Crippen molar-refractivity contribution in [3.05, 3.63) is 59.7 Å². The average Bonchev–Trinajstić information content (AvgIpc) is 2.89. The molecule has 3 rings (SSSR count). The van der Waals surface area contributed by atoms with Crippen molar-refractivity contribution in [3.8, 4) is 11.5 Å². The smallest absolute Gasteiger partial charge is 0.473 e. The van der Waals surface area contributed by atoms with E-state index in [4.69, 9.17) is 18.8 Å². The Bertz CT molecular complexity index is 804. The third kappa shape index (κ3) is 11.1. The summed E-state index contributed by atoms with van der Waals surface area (Å²) in [4.78, 5) is 2.18. The maximum absolute atomic E-state index is 10.1. The van der Waals surface area contributed by atoms with Crippen LogP contribution in [-0.2, 0) is 9.31 Å². The van der Waals surface area contributed by atoms with Crippen LogP contribution in [0.25, 0.3) is 0 Å². The van der Waals surface area contributed by atoms with Gasteiger partial charge in [-0.05, 0) is 44.5 Å². The van der Waals surface area contributed by atoms with Crippen molar-refractivity contribution in [2.24, 2.45) is 0 Å². The molecule has 2 aromatic carbocycles. The van der Waals surface area contributed by atoms with Crippen LogP contribution >= 0.6 is 0 Å². The minimum atomic E-state index is -1.31. The number of hydrogen-bond acceptors (Lipinski definition) is 6. The molecule has 0 aliphatic carbocycles. The summed E-state index contributed by atoms with van der Waals surface area (Å²) < 4.78 is 23.9. The summed E-state index contributed by atoms with van der Waals surface area (Å²) in [7, 11) is -1.31. The summed E-state index contributed by atoms with van der Waals surface area (Å²) in [6, 6.07) is 16.0. The van der Waals surface area contributed by atoms with Crippen LogP contribution < -0.4 is 9.47 Å². The van der Waals surface area contributed by atoms with Crippen LogP contribution in [0.2, 0.25) is 0 Å². The van der Waals surface area contributed by atoms with Crippen molar-refractivity contribution >= 4 is 7.32 Å². The minimum absolute atomic E-state index is 0.167. The normalized spacial score (nSPS) is 18.9. The lowest BCUT2D eigenvalue weighted by atomic mass is 10.1. The molecule has 1 saturated heterocycles. The van der Waals surface area contributed by atoms with Crippen molar-refractivity contribution in [1.82, 2.24) is 4.90 Å². The van der Waals surface area contributed by atoms with Crippen molar-refractivity contribution < 1.29 is 23.8 Å². The van der Waals surface area contributed by atoms with Crippen LogP contribution in [0.1, 0.15) is 82.3 Å². The van der Waals surface area contributed by atoms with E-state index >= 15 is 0 Å². The fourth-order valence-electron chi connectivity index (χ4n) is 4.58. The van der Waals surface area contributed by atoms with E-state index < -0.39 is 19.8 Å². The summed E-state index contributed by atoms with van der Waals surface area (Å²) in [5.41, 5.74) is 2.35. The topological polar surface area (TPSA) is 60.4 Å². The second-order valence-electron chi connectivity index (χ2n) is 10.2. The highest BCUT2D eigenvalue weighted by molar-refractivity contribution is 6.34. The summed E-state index contributed by atoms with van der Waals surface area (Å²) in [6.45, 7) is 7.49. The molecule has 2 unspecified atom stereocenters. The zero-order valence-electron chi connectivity index (χ0n) is 23.1. The summed E-state index contributed by atoms with van der Waals surface area (Å²) in [5.74, 6) is 1.52. The standard InChI is InChI=1S/C30H46BNO5/c1-4-5-6-7-8-9-10-11-12-13-22-32-29(36-27-18-14-25(2)15-19-27)23-34-31(33)35-24-30(32)37-28-20-16-26(3)17-21-28/h14-21,29-30,33H,4-13,22-24H2,1-3H3. The maximum atomic E-state index is 10.1. The second kappa shape index (κ2) is 16.7. The van der Waals surface area contributed by atoms with Crippen molar-refractivity contribution in [2.45, 2.75) is 97.4 Å². The molecule has 0 radical (unpaired) electrons. The molecule has 0 spiro atoms. The van der Waals surface area contributed by atoms with Crippen LogP contribution in [0.15, 0.2) is 48.5 Å². The molecule has 0 bridgehead atoms. The summed E-state index contributed by atoms with van der Waals surface area (Å²) in [5, 5.41) is 10.1. The number of hydrogen-bond donors (Lipinski definition) is 1. The van der Waals surface area contributed by atoms with Gasteiger partial charge in [0.05, 0.1) is 13.2 Å². The van der Waals surface area contributed by atoms with Gasteiger partial charge >= 0.3 is 7.32 Å². The van der Waals surface area contributed by atoms with Gasteiger partial charge < -0.3 is 23.8 Å². The van der Waals surface area contributed by atoms with E-state index in [2.05, 4.69) is 25.7 Å². The van der Waals surface area contributed by atoms with E-state index in [0.717, 1.165) is 30.9 Å². The van der Waals surface area contributed by atoms with E-state index in [1.807, 2.05) is 48.5 Å². The minimum Gasteiger partial charge on any atom is -0.473 e. The fourth-order valence-corrected chi connectivity index (χ4v) is 4.58. The highest BCUT2D eigenvalue weighted by Crippen LogP contribution is 2.23. The fraction of sp³-hybridized carbons (Fsp3) is 0.600. The molecule has 2 aromatic rings. The van der Waals surface area contributed by atoms with E-state index in [-0.39, 0.29) is 13.2 Å². The summed E-state index contributed by atoms with van der Waals surface area (Å²) >= 11 is 0. The quantitative estimate of drug-likeness (QED) is 0.213. The lowest BCUT2D eigenvalue weighted by Gasteiger charge is -2.39. The van der Waals surface area contributed by atoms with Crippen LogP contribution in [0.5, 0.6) is 11.5 Å². The predicted molar refractivity (Wildman–Crippen MR) is 150 cm³/mol. The van der Waals surface area contributed by atoms with Crippen LogP contribution in [-0.4, -0.2) is 49.5 Å². The molecular formula is C30H46BNO5. The molecule has 7 heteroatoms. The van der Waals surface area contributed by atoms with Gasteiger partial charge in [-0.2, -0.15) is 0 Å². The van der Waals surface area contributed by atoms with Gasteiger partial charge in [-0.25, -0.2) is 4.90 Å². The van der Waals surface area contributed by atoms with Crippen molar-refractivity contribution in [3.63, 3.8) is 0 Å². The van der Waals surface area contributed by atoms with Gasteiger partial charge in [0.15, 0.2) is 12.5 Å². The molecular weight excluding hydrogens is 465 g/mol. The van der Waals surface area contributed by atoms with E-state index in [1.54, 1.807) is 0 Å². The van der Waals surface area contributed by atoms with E-state index in [0.29, 0.717) is 0 Å². The molecule has 204 valence electrons. The lowest BCUT2D eigenvalue weighted by molar-refractivity contribution is -0.130. The molecule has 1 aliphatic rings. The number of benzene rings is 2. The zero-order valence-corrected chi connectivity index (χ0v) is 23.1. The molecule has 0 aromatic heterocycles. The monoisotopic (exact) mass is 511 g/mol. The Morgan fingerprint density at radius 2 is 1.11 bits per heavy atom. The van der Waals surface area contributed by atoms with Gasteiger partial charge in [-0.1, -0.05) is 100 Å². The Kier molecular flexibility index (Phi) is 13.3. The van der Waals surface area contributed by atoms with Crippen LogP contribution in [0.4, 0.5) is 0 Å². The first-order chi connectivity index (χ1) is 18.0. The first-order valence-electron chi connectivity index (χ1n) is 14.2. The molecule has 0 saturated carbocycles. The van der Waals surface area contributed by atoms with Crippen molar-refractivity contribution in [2.75, 3.05) is 19.8 Å². The molecule has 2 atom stereocenters. The first-order valence-corrected chi connectivity index (χ1v) is 14.2. The number of aryl methyl sites for hydroxylation is 2. The SMILES string of the molecule is CCCCCCCCCCCCN1C(Oc2ccc(C)cc2)COB(O)OCC1Oc1ccc(C)cc1. The summed E-state index contributed by atoms with van der Waals surface area (Å²) in [6.07, 6.45) is 11.9. The third-order valence-electron chi connectivity index (χ3n) is 6.86. The Labute approximate surface area is 224 Å². The van der Waals surface area contributed by atoms with E-state index in [1.165, 1.54) is 62.5 Å². The second-order valence-corrected chi connectivity index (χ2v) is 10.2. The molecule has 1 aliphatic heterocycles. The molecule has 0 amide bonds. The molecule has 1 N–H and O–H groups in total. The number of nitrogens with zero attached hydrogens (tertiary/aromatic N) is 1. The molecule has 37 heavy (non-hydrogen) atoms. The Morgan fingerprint density at radius 1 is 0.703 bits per heavy atom. The Morgan fingerprint density at radius 3 is 1.54 bits per heavy atom. The van der Waals surface area contributed by atoms with Gasteiger partial charge in [0.2, 0.25) is 0 Å². The van der Waals surface area contributed by atoms with Gasteiger partial charge in [0, 0.05) is 6.54 Å². The van der Waals surface area contributed by atoms with Crippen LogP contribution in [0.3, 0.4) is 0 Å². The van der Waals surface area contributed by atoms with Gasteiger partial charge in [-0.15, -0.1) is 0 Å². The average molecular weight is 512 g/mol. The predicted octanol–water partition coefficient (Wildman–Crippen LogP) is 6.66. The van der Waals surface area contributed by atoms with Gasteiger partial charge in [0.1, 0.15) is 11.5 Å². The van der Waals surface area contributed by atoms with Crippen LogP contribution in [0, 0.1) is 13.8 Å². The van der Waals surface area contributed by atoms with Crippen molar-refractivity contribution in [1.29, 1.82) is 0 Å². The van der Waals surface area contributed by atoms with Gasteiger partial charge in [-0.3, -0.25) is 0 Å². The number of unbranched alkanes of at least 4 members (excludes halogenated alkanes) is 9. The Hall–Kier alpha value is -2.06. The number of ether oxygens (including phenoxy) is 2. The highest BCUT2D eigenvalue weighted by Gasteiger charge is 2.35. The third-order valence-corrected chi connectivity index (χ3v) is 6.86. The molecule has 6 nitrogen and oxygen atoms in total. The molecule has 1 fully saturated rings. The Balaban J connectivity index is 1.63. The largest absolute Gasteiger partial charge is 0.637 e. The highest BCUT2D eigenvalue weighted by atomic mass is 16.7. The first kappa shape index (κ1) is 29.5. The van der Waals surface area contributed by atoms with E-state index in [9.17, 15) is 5.02 Å². The zero-order chi connectivity index (χ0) is 26.3. The maximum Gasteiger partial charge on any atom is 0.637 e. The van der Waals surface area contributed by atoms with Gasteiger partial charge in [0.25, 0.3) is 0 Å². The molecule has 1 heterocycles. The lowest BCUT2D eigenvalue weighted by Crippen LogP contribution is -2.56.